The quantitative estimate of drug-likeness (QED) is 0.920. The Labute approximate surface area is 124 Å². The Morgan fingerprint density at radius 1 is 1.47 bits per heavy atom. The van der Waals surface area contributed by atoms with Crippen LogP contribution in [0.5, 0.6) is 5.75 Å². The maximum Gasteiger partial charge on any atom is 0.123 e. The van der Waals surface area contributed by atoms with Gasteiger partial charge in [-0.05, 0) is 31.5 Å². The Balaban J connectivity index is 2.12. The first-order chi connectivity index (χ1) is 9.13. The second kappa shape index (κ2) is 6.73. The van der Waals surface area contributed by atoms with E-state index < -0.39 is 0 Å². The lowest BCUT2D eigenvalue weighted by Gasteiger charge is -2.38. The Morgan fingerprint density at radius 2 is 2.26 bits per heavy atom. The number of nitrogens with zero attached hydrogens (tertiary/aromatic N) is 1. The highest BCUT2D eigenvalue weighted by Crippen LogP contribution is 2.25. The fourth-order valence-corrected chi connectivity index (χ4v) is 2.99. The van der Waals surface area contributed by atoms with Crippen molar-refractivity contribution in [1.29, 1.82) is 0 Å². The zero-order valence-electron chi connectivity index (χ0n) is 11.9. The summed E-state index contributed by atoms with van der Waals surface area (Å²) in [6.45, 7) is 7.64. The molecular formula is C15H23BrN2O. The number of piperazine rings is 1. The number of methoxy groups -OCH3 is 1. The third-order valence-electron chi connectivity index (χ3n) is 3.89. The first-order valence-electron chi connectivity index (χ1n) is 6.94. The molecule has 1 saturated heterocycles. The molecule has 1 aromatic carbocycles. The Bertz CT molecular complexity index is 425. The first-order valence-corrected chi connectivity index (χ1v) is 7.73. The van der Waals surface area contributed by atoms with Gasteiger partial charge in [0.1, 0.15) is 5.75 Å². The number of ether oxygens (including phenoxy) is 1. The molecular weight excluding hydrogens is 304 g/mol. The van der Waals surface area contributed by atoms with Crippen LogP contribution in [0.15, 0.2) is 22.7 Å². The molecule has 19 heavy (non-hydrogen) atoms. The molecule has 0 spiro atoms. The second-order valence-electron chi connectivity index (χ2n) is 5.25. The number of hydrogen-bond acceptors (Lipinski definition) is 3. The van der Waals surface area contributed by atoms with Gasteiger partial charge in [0.05, 0.1) is 7.11 Å². The summed E-state index contributed by atoms with van der Waals surface area (Å²) in [4.78, 5) is 2.54. The SMILES string of the molecule is CCC1CN(Cc2cc(Br)ccc2OC)C(C)CN1. The third kappa shape index (κ3) is 3.71. The van der Waals surface area contributed by atoms with E-state index in [4.69, 9.17) is 4.74 Å². The molecule has 0 amide bonds. The lowest BCUT2D eigenvalue weighted by Crippen LogP contribution is -2.54. The molecule has 0 aromatic heterocycles. The predicted molar refractivity (Wildman–Crippen MR) is 82.6 cm³/mol. The maximum atomic E-state index is 5.47. The Morgan fingerprint density at radius 3 is 2.95 bits per heavy atom. The van der Waals surface area contributed by atoms with Crippen LogP contribution in [0.2, 0.25) is 0 Å². The maximum absolute atomic E-state index is 5.47. The van der Waals surface area contributed by atoms with Gasteiger partial charge < -0.3 is 10.1 Å². The molecule has 3 nitrogen and oxygen atoms in total. The van der Waals surface area contributed by atoms with Crippen LogP contribution in [0.25, 0.3) is 0 Å². The van der Waals surface area contributed by atoms with Gasteiger partial charge in [0, 0.05) is 41.8 Å². The largest absolute Gasteiger partial charge is 0.496 e. The van der Waals surface area contributed by atoms with E-state index in [0.29, 0.717) is 12.1 Å². The highest BCUT2D eigenvalue weighted by atomic mass is 79.9. The fourth-order valence-electron chi connectivity index (χ4n) is 2.58. The summed E-state index contributed by atoms with van der Waals surface area (Å²) in [5.74, 6) is 0.974. The van der Waals surface area contributed by atoms with Gasteiger partial charge in [-0.3, -0.25) is 4.90 Å². The minimum atomic E-state index is 0.562. The van der Waals surface area contributed by atoms with Crippen molar-refractivity contribution in [1.82, 2.24) is 10.2 Å². The molecule has 2 atom stereocenters. The van der Waals surface area contributed by atoms with Crippen LogP contribution in [0, 0.1) is 0 Å². The highest BCUT2D eigenvalue weighted by Gasteiger charge is 2.24. The van der Waals surface area contributed by atoms with Crippen LogP contribution in [0.1, 0.15) is 25.8 Å². The topological polar surface area (TPSA) is 24.5 Å². The summed E-state index contributed by atoms with van der Waals surface area (Å²) >= 11 is 3.54. The van der Waals surface area contributed by atoms with Crippen molar-refractivity contribution >= 4 is 15.9 Å². The van der Waals surface area contributed by atoms with Gasteiger partial charge in [0.15, 0.2) is 0 Å². The van der Waals surface area contributed by atoms with Crippen LogP contribution in [-0.2, 0) is 6.54 Å². The van der Waals surface area contributed by atoms with Gasteiger partial charge in [-0.1, -0.05) is 22.9 Å². The number of benzene rings is 1. The number of hydrogen-bond donors (Lipinski definition) is 1. The smallest absolute Gasteiger partial charge is 0.123 e. The number of rotatable bonds is 4. The summed E-state index contributed by atoms with van der Waals surface area (Å²) < 4.78 is 6.58. The van der Waals surface area contributed by atoms with E-state index >= 15 is 0 Å². The molecule has 1 fully saturated rings. The van der Waals surface area contributed by atoms with Crippen molar-refractivity contribution in [3.8, 4) is 5.75 Å². The van der Waals surface area contributed by atoms with Crippen molar-refractivity contribution < 1.29 is 4.74 Å². The highest BCUT2D eigenvalue weighted by molar-refractivity contribution is 9.10. The number of halogens is 1. The summed E-state index contributed by atoms with van der Waals surface area (Å²) in [6.07, 6.45) is 1.18. The Hall–Kier alpha value is -0.580. The van der Waals surface area contributed by atoms with Crippen molar-refractivity contribution in [2.24, 2.45) is 0 Å². The Kier molecular flexibility index (Phi) is 5.25. The lowest BCUT2D eigenvalue weighted by molar-refractivity contribution is 0.130. The lowest BCUT2D eigenvalue weighted by atomic mass is 10.1. The molecule has 2 unspecified atom stereocenters. The zero-order chi connectivity index (χ0) is 13.8. The van der Waals surface area contributed by atoms with Crippen LogP contribution in [0.3, 0.4) is 0 Å². The van der Waals surface area contributed by atoms with Crippen LogP contribution in [-0.4, -0.2) is 37.2 Å². The van der Waals surface area contributed by atoms with Crippen molar-refractivity contribution in [2.75, 3.05) is 20.2 Å². The van der Waals surface area contributed by atoms with Crippen molar-refractivity contribution in [3.63, 3.8) is 0 Å². The molecule has 1 heterocycles. The average molecular weight is 327 g/mol. The predicted octanol–water partition coefficient (Wildman–Crippen LogP) is 3.03. The van der Waals surface area contributed by atoms with Crippen LogP contribution >= 0.6 is 15.9 Å². The number of nitrogens with one attached hydrogen (secondary N) is 1. The van der Waals surface area contributed by atoms with Gasteiger partial charge in [-0.2, -0.15) is 0 Å². The van der Waals surface area contributed by atoms with E-state index in [1.54, 1.807) is 7.11 Å². The van der Waals surface area contributed by atoms with Crippen LogP contribution < -0.4 is 10.1 Å². The van der Waals surface area contributed by atoms with Gasteiger partial charge in [-0.15, -0.1) is 0 Å². The molecule has 0 radical (unpaired) electrons. The van der Waals surface area contributed by atoms with Crippen molar-refractivity contribution in [3.05, 3.63) is 28.2 Å². The molecule has 106 valence electrons. The van der Waals surface area contributed by atoms with E-state index in [1.165, 1.54) is 12.0 Å². The molecule has 1 N–H and O–H groups in total. The molecule has 4 heteroatoms. The summed E-state index contributed by atoms with van der Waals surface area (Å²) in [6, 6.07) is 7.39. The summed E-state index contributed by atoms with van der Waals surface area (Å²) in [5.41, 5.74) is 1.25. The molecule has 1 aliphatic rings. The third-order valence-corrected chi connectivity index (χ3v) is 4.38. The molecule has 0 aliphatic carbocycles. The summed E-state index contributed by atoms with van der Waals surface area (Å²) in [5, 5.41) is 3.59. The van der Waals surface area contributed by atoms with E-state index in [-0.39, 0.29) is 0 Å². The molecule has 0 saturated carbocycles. The average Bonchev–Trinajstić information content (AvgIpc) is 2.41. The van der Waals surface area contributed by atoms with E-state index in [2.05, 4.69) is 46.1 Å². The van der Waals surface area contributed by atoms with E-state index in [0.717, 1.165) is 29.9 Å². The standard InChI is InChI=1S/C15H23BrN2O/c1-4-14-10-18(11(2)8-17-14)9-12-7-13(16)5-6-15(12)19-3/h5-7,11,14,17H,4,8-10H2,1-3H3. The normalized spacial score (nSPS) is 24.4. The van der Waals surface area contributed by atoms with E-state index in [1.807, 2.05) is 12.1 Å². The van der Waals surface area contributed by atoms with Crippen molar-refractivity contribution in [2.45, 2.75) is 38.9 Å². The molecule has 1 aromatic rings. The fraction of sp³-hybridized carbons (Fsp3) is 0.600. The summed E-state index contributed by atoms with van der Waals surface area (Å²) in [7, 11) is 1.74. The van der Waals surface area contributed by atoms with E-state index in [9.17, 15) is 0 Å². The molecule has 0 bridgehead atoms. The van der Waals surface area contributed by atoms with Gasteiger partial charge in [0.2, 0.25) is 0 Å². The second-order valence-corrected chi connectivity index (χ2v) is 6.16. The zero-order valence-corrected chi connectivity index (χ0v) is 13.5. The minimum absolute atomic E-state index is 0.562. The van der Waals surface area contributed by atoms with Gasteiger partial charge in [-0.25, -0.2) is 0 Å². The van der Waals surface area contributed by atoms with Gasteiger partial charge >= 0.3 is 0 Å². The van der Waals surface area contributed by atoms with Gasteiger partial charge in [0.25, 0.3) is 0 Å². The van der Waals surface area contributed by atoms with Crippen LogP contribution in [0.4, 0.5) is 0 Å². The first kappa shape index (κ1) is 14.8. The monoisotopic (exact) mass is 326 g/mol. The molecule has 2 rings (SSSR count). The molecule has 1 aliphatic heterocycles. The minimum Gasteiger partial charge on any atom is -0.496 e.